The summed E-state index contributed by atoms with van der Waals surface area (Å²) in [5.41, 5.74) is 13.5. The molecule has 0 aliphatic carbocycles. The van der Waals surface area contributed by atoms with Crippen LogP contribution in [-0.4, -0.2) is 16.6 Å². The summed E-state index contributed by atoms with van der Waals surface area (Å²) in [5, 5.41) is 1.90. The SMILES string of the molecule is CP1(=O)c2ccccc2-c2cccc(-c3cccc(-c4cccc(-c5cc(-c6ccc(-c7ccccc7)cc6)nc(-c6ccccc6)n5)c4)c3)c21. The molecule has 7 aromatic carbocycles. The van der Waals surface area contributed by atoms with Gasteiger partial charge in [0.1, 0.15) is 7.14 Å². The third-order valence-corrected chi connectivity index (χ3v) is 12.5. The van der Waals surface area contributed by atoms with Crippen LogP contribution >= 0.6 is 7.14 Å². The molecule has 1 aliphatic heterocycles. The van der Waals surface area contributed by atoms with Crippen LogP contribution in [0.5, 0.6) is 0 Å². The lowest BCUT2D eigenvalue weighted by Gasteiger charge is -2.15. The van der Waals surface area contributed by atoms with E-state index in [4.69, 9.17) is 9.97 Å². The molecule has 4 heteroatoms. The molecule has 0 spiro atoms. The summed E-state index contributed by atoms with van der Waals surface area (Å²) in [6.45, 7) is 1.91. The number of fused-ring (bicyclic) bond motifs is 3. The zero-order valence-corrected chi connectivity index (χ0v) is 29.0. The molecule has 1 aromatic heterocycles. The van der Waals surface area contributed by atoms with Crippen LogP contribution in [0.3, 0.4) is 0 Å². The Morgan fingerprint density at radius 2 is 0.843 bits per heavy atom. The zero-order valence-electron chi connectivity index (χ0n) is 28.1. The van der Waals surface area contributed by atoms with Crippen LogP contribution in [0.2, 0.25) is 0 Å². The largest absolute Gasteiger partial charge is 0.314 e. The fraction of sp³-hybridized carbons (Fsp3) is 0.0213. The molecule has 8 aromatic rings. The molecule has 0 amide bonds. The highest BCUT2D eigenvalue weighted by atomic mass is 31.2. The predicted molar refractivity (Wildman–Crippen MR) is 213 cm³/mol. The second kappa shape index (κ2) is 12.6. The molecule has 0 saturated carbocycles. The standard InChI is InChI=1S/C47H33N2OP/c1-51(50)45-24-9-8-21-41(45)42-23-12-22-40(46(42)51)38-19-10-17-36(29-38)37-18-11-20-39(30-37)44-31-43(48-47(49-44)35-15-6-3-7-16-35)34-27-25-33(26-28-34)32-13-4-2-5-14-32/h2-31H,1H3. The van der Waals surface area contributed by atoms with Crippen molar-refractivity contribution in [3.8, 4) is 78.4 Å². The van der Waals surface area contributed by atoms with Gasteiger partial charge < -0.3 is 4.57 Å². The first-order valence-corrected chi connectivity index (χ1v) is 19.3. The van der Waals surface area contributed by atoms with Crippen LogP contribution in [0.25, 0.3) is 78.4 Å². The molecule has 1 aliphatic rings. The lowest BCUT2D eigenvalue weighted by Crippen LogP contribution is -2.11. The van der Waals surface area contributed by atoms with Crippen molar-refractivity contribution in [2.45, 2.75) is 0 Å². The van der Waals surface area contributed by atoms with E-state index in [1.165, 1.54) is 11.1 Å². The maximum Gasteiger partial charge on any atom is 0.160 e. The molecule has 51 heavy (non-hydrogen) atoms. The van der Waals surface area contributed by atoms with Gasteiger partial charge >= 0.3 is 0 Å². The molecule has 0 N–H and O–H groups in total. The first-order chi connectivity index (χ1) is 25.0. The second-order valence-corrected chi connectivity index (χ2v) is 15.9. The fourth-order valence-electron chi connectivity index (χ4n) is 7.30. The summed E-state index contributed by atoms with van der Waals surface area (Å²) in [6, 6.07) is 62.8. The molecule has 0 fully saturated rings. The minimum Gasteiger partial charge on any atom is -0.314 e. The second-order valence-electron chi connectivity index (χ2n) is 13.1. The Morgan fingerprint density at radius 1 is 0.373 bits per heavy atom. The first-order valence-electron chi connectivity index (χ1n) is 17.2. The molecule has 0 bridgehead atoms. The Morgan fingerprint density at radius 3 is 1.57 bits per heavy atom. The van der Waals surface area contributed by atoms with Crippen molar-refractivity contribution in [3.63, 3.8) is 0 Å². The minimum absolute atomic E-state index is 0.686. The number of rotatable bonds is 6. The molecule has 9 rings (SSSR count). The fourth-order valence-corrected chi connectivity index (χ4v) is 9.88. The van der Waals surface area contributed by atoms with Crippen molar-refractivity contribution in [2.24, 2.45) is 0 Å². The Labute approximate surface area is 298 Å². The van der Waals surface area contributed by atoms with Gasteiger partial charge in [-0.1, -0.05) is 164 Å². The van der Waals surface area contributed by atoms with Crippen molar-refractivity contribution >= 4 is 17.8 Å². The van der Waals surface area contributed by atoms with Crippen LogP contribution in [0.1, 0.15) is 0 Å². The molecule has 2 heterocycles. The summed E-state index contributed by atoms with van der Waals surface area (Å²) in [5.74, 6) is 0.686. The summed E-state index contributed by atoms with van der Waals surface area (Å²) in [7, 11) is -2.75. The van der Waals surface area contributed by atoms with E-state index in [2.05, 4.69) is 140 Å². The van der Waals surface area contributed by atoms with Crippen molar-refractivity contribution in [2.75, 3.05) is 6.66 Å². The van der Waals surface area contributed by atoms with E-state index in [-0.39, 0.29) is 0 Å². The normalized spacial score (nSPS) is 14.5. The lowest BCUT2D eigenvalue weighted by molar-refractivity contribution is 0.591. The average Bonchev–Trinajstić information content (AvgIpc) is 3.44. The van der Waals surface area contributed by atoms with Gasteiger partial charge in [-0.2, -0.15) is 0 Å². The predicted octanol–water partition coefficient (Wildman–Crippen LogP) is 11.4. The maximum absolute atomic E-state index is 14.3. The van der Waals surface area contributed by atoms with E-state index < -0.39 is 7.14 Å². The van der Waals surface area contributed by atoms with Gasteiger partial charge in [0.15, 0.2) is 5.82 Å². The highest BCUT2D eigenvalue weighted by molar-refractivity contribution is 7.79. The van der Waals surface area contributed by atoms with E-state index in [9.17, 15) is 4.57 Å². The van der Waals surface area contributed by atoms with E-state index in [1.54, 1.807) is 0 Å². The first kappa shape index (κ1) is 30.9. The highest BCUT2D eigenvalue weighted by Gasteiger charge is 2.36. The van der Waals surface area contributed by atoms with Crippen molar-refractivity contribution in [1.29, 1.82) is 0 Å². The van der Waals surface area contributed by atoms with Gasteiger partial charge in [-0.05, 0) is 69.4 Å². The molecular weight excluding hydrogens is 640 g/mol. The quantitative estimate of drug-likeness (QED) is 0.165. The smallest absolute Gasteiger partial charge is 0.160 e. The number of nitrogens with zero attached hydrogens (tertiary/aromatic N) is 2. The van der Waals surface area contributed by atoms with E-state index >= 15 is 0 Å². The minimum atomic E-state index is -2.75. The van der Waals surface area contributed by atoms with Crippen molar-refractivity contribution in [1.82, 2.24) is 9.97 Å². The topological polar surface area (TPSA) is 42.9 Å². The average molecular weight is 673 g/mol. The van der Waals surface area contributed by atoms with E-state index in [0.717, 1.165) is 72.1 Å². The molecule has 3 nitrogen and oxygen atoms in total. The molecule has 0 saturated heterocycles. The number of aromatic nitrogens is 2. The number of benzene rings is 7. The summed E-state index contributed by atoms with van der Waals surface area (Å²) < 4.78 is 14.3. The van der Waals surface area contributed by atoms with Crippen LogP contribution in [0.15, 0.2) is 182 Å². The summed E-state index contributed by atoms with van der Waals surface area (Å²) >= 11 is 0. The molecule has 1 atom stereocenters. The summed E-state index contributed by atoms with van der Waals surface area (Å²) in [6.07, 6.45) is 0. The van der Waals surface area contributed by atoms with Crippen LogP contribution < -0.4 is 10.6 Å². The Balaban J connectivity index is 1.11. The van der Waals surface area contributed by atoms with Crippen LogP contribution in [0.4, 0.5) is 0 Å². The third kappa shape index (κ3) is 5.62. The van der Waals surface area contributed by atoms with Crippen molar-refractivity contribution in [3.05, 3.63) is 182 Å². The number of hydrogen-bond donors (Lipinski definition) is 0. The molecule has 1 unspecified atom stereocenters. The van der Waals surface area contributed by atoms with E-state index in [0.29, 0.717) is 5.82 Å². The third-order valence-electron chi connectivity index (χ3n) is 9.83. The van der Waals surface area contributed by atoms with Gasteiger partial charge in [-0.15, -0.1) is 0 Å². The zero-order chi connectivity index (χ0) is 34.4. The molecule has 0 radical (unpaired) electrons. The Kier molecular flexibility index (Phi) is 7.64. The molecule has 242 valence electrons. The van der Waals surface area contributed by atoms with Gasteiger partial charge in [0.25, 0.3) is 0 Å². The maximum atomic E-state index is 14.3. The highest BCUT2D eigenvalue weighted by Crippen LogP contribution is 2.52. The van der Waals surface area contributed by atoms with Gasteiger partial charge in [-0.25, -0.2) is 9.97 Å². The number of hydrogen-bond acceptors (Lipinski definition) is 3. The van der Waals surface area contributed by atoms with Gasteiger partial charge in [-0.3, -0.25) is 0 Å². The van der Waals surface area contributed by atoms with E-state index in [1.807, 2.05) is 49.1 Å². The van der Waals surface area contributed by atoms with Crippen molar-refractivity contribution < 1.29 is 4.57 Å². The molecular formula is C47H33N2OP. The van der Waals surface area contributed by atoms with Gasteiger partial charge in [0.2, 0.25) is 0 Å². The van der Waals surface area contributed by atoms with Gasteiger partial charge in [0.05, 0.1) is 11.4 Å². The van der Waals surface area contributed by atoms with Gasteiger partial charge in [0, 0.05) is 27.3 Å². The monoisotopic (exact) mass is 672 g/mol. The summed E-state index contributed by atoms with van der Waals surface area (Å²) in [4.78, 5) is 10.1. The Hall–Kier alpha value is -6.15. The van der Waals surface area contributed by atoms with Crippen LogP contribution in [-0.2, 0) is 4.57 Å². The van der Waals surface area contributed by atoms with Crippen LogP contribution in [0, 0.1) is 0 Å². The Bertz CT molecular complexity index is 2610. The lowest BCUT2D eigenvalue weighted by atomic mass is 9.95.